The smallest absolute Gasteiger partial charge is 0.0992 e. The number of hydrogen-bond donors (Lipinski definition) is 2. The van der Waals surface area contributed by atoms with E-state index in [1.54, 1.807) is 17.5 Å². The Bertz CT molecular complexity index is 508. The monoisotopic (exact) mass is 378 g/mol. The van der Waals surface area contributed by atoms with Gasteiger partial charge >= 0.3 is 0 Å². The molecule has 0 aliphatic rings. The molecule has 0 saturated carbocycles. The van der Waals surface area contributed by atoms with Crippen molar-refractivity contribution in [1.29, 1.82) is 0 Å². The van der Waals surface area contributed by atoms with Crippen molar-refractivity contribution in [1.82, 2.24) is 15.2 Å². The van der Waals surface area contributed by atoms with Crippen LogP contribution in [0.4, 0.5) is 0 Å². The van der Waals surface area contributed by atoms with Crippen molar-refractivity contribution >= 4 is 43.2 Å². The van der Waals surface area contributed by atoms with E-state index in [0.29, 0.717) is 0 Å². The summed E-state index contributed by atoms with van der Waals surface area (Å²) in [6.07, 6.45) is 1.80. The highest BCUT2D eigenvalue weighted by molar-refractivity contribution is 9.10. The Morgan fingerprint density at radius 2 is 2.29 bits per heavy atom. The summed E-state index contributed by atoms with van der Waals surface area (Å²) in [4.78, 5) is 1.14. The molecule has 0 fully saturated rings. The summed E-state index contributed by atoms with van der Waals surface area (Å²) >= 11 is 8.71. The summed E-state index contributed by atoms with van der Waals surface area (Å²) in [6, 6.07) is 1.95. The zero-order valence-corrected chi connectivity index (χ0v) is 13.1. The van der Waals surface area contributed by atoms with Crippen molar-refractivity contribution in [2.75, 3.05) is 0 Å². The summed E-state index contributed by atoms with van der Waals surface area (Å²) in [5, 5.41) is 6.34. The van der Waals surface area contributed by atoms with Crippen molar-refractivity contribution in [3.05, 3.63) is 37.2 Å². The molecule has 4 nitrogen and oxygen atoms in total. The Morgan fingerprint density at radius 1 is 1.53 bits per heavy atom. The van der Waals surface area contributed by atoms with Gasteiger partial charge in [0, 0.05) is 15.9 Å². The van der Waals surface area contributed by atoms with E-state index in [1.165, 1.54) is 0 Å². The first-order chi connectivity index (χ1) is 8.19. The largest absolute Gasteiger partial charge is 0.270 e. The minimum absolute atomic E-state index is 0.0683. The molecule has 2 aromatic heterocycles. The number of nitrogens with zero attached hydrogens (tertiary/aromatic N) is 2. The number of thiophene rings is 1. The highest BCUT2D eigenvalue weighted by Gasteiger charge is 2.23. The molecule has 0 spiro atoms. The van der Waals surface area contributed by atoms with Crippen LogP contribution in [0.15, 0.2) is 26.6 Å². The van der Waals surface area contributed by atoms with Gasteiger partial charge in [0.2, 0.25) is 0 Å². The second-order valence-corrected chi connectivity index (χ2v) is 6.08. The fourth-order valence-electron chi connectivity index (χ4n) is 1.70. The first-order valence-corrected chi connectivity index (χ1v) is 7.55. The molecule has 1 atom stereocenters. The molecule has 17 heavy (non-hydrogen) atoms. The molecular formula is C10H12Br2N4S. The first kappa shape index (κ1) is 13.2. The molecule has 0 bridgehead atoms. The van der Waals surface area contributed by atoms with Gasteiger partial charge in [-0.25, -0.2) is 5.43 Å². The van der Waals surface area contributed by atoms with Gasteiger partial charge in [0.25, 0.3) is 0 Å². The summed E-state index contributed by atoms with van der Waals surface area (Å²) in [6.45, 7) is 2.86. The fourth-order valence-corrected chi connectivity index (χ4v) is 3.89. The standard InChI is InChI=1S/C10H12Br2N4S/c1-2-16-9(7(12)5-14-16)8(15-13)10-6(11)3-4-17-10/h3-5,8,15H,2,13H2,1H3. The van der Waals surface area contributed by atoms with E-state index in [4.69, 9.17) is 5.84 Å². The Labute approximate surface area is 120 Å². The van der Waals surface area contributed by atoms with Crippen molar-refractivity contribution in [2.24, 2.45) is 5.84 Å². The van der Waals surface area contributed by atoms with Crippen LogP contribution in [0.25, 0.3) is 0 Å². The Kier molecular flexibility index (Phi) is 4.37. The number of halogens is 2. The lowest BCUT2D eigenvalue weighted by atomic mass is 10.2. The lowest BCUT2D eigenvalue weighted by molar-refractivity contribution is 0.546. The van der Waals surface area contributed by atoms with E-state index in [-0.39, 0.29) is 6.04 Å². The summed E-state index contributed by atoms with van der Waals surface area (Å²) in [5.74, 6) is 5.69. The number of hydrogen-bond acceptors (Lipinski definition) is 4. The predicted molar refractivity (Wildman–Crippen MR) is 76.8 cm³/mol. The van der Waals surface area contributed by atoms with Crippen molar-refractivity contribution < 1.29 is 0 Å². The molecule has 2 aromatic rings. The molecule has 1 unspecified atom stereocenters. The summed E-state index contributed by atoms with van der Waals surface area (Å²) < 4.78 is 3.95. The van der Waals surface area contributed by atoms with Crippen LogP contribution in [0.2, 0.25) is 0 Å². The van der Waals surface area contributed by atoms with Gasteiger partial charge in [-0.15, -0.1) is 11.3 Å². The number of aromatic nitrogens is 2. The minimum atomic E-state index is -0.0683. The van der Waals surface area contributed by atoms with Gasteiger partial charge in [-0.1, -0.05) is 0 Å². The molecule has 92 valence electrons. The topological polar surface area (TPSA) is 55.9 Å². The SMILES string of the molecule is CCn1ncc(Br)c1C(NN)c1sccc1Br. The molecule has 0 saturated heterocycles. The van der Waals surface area contributed by atoms with Crippen LogP contribution >= 0.6 is 43.2 Å². The summed E-state index contributed by atoms with van der Waals surface area (Å²) in [5.41, 5.74) is 3.89. The maximum absolute atomic E-state index is 5.69. The number of nitrogens with one attached hydrogen (secondary N) is 1. The third kappa shape index (κ3) is 2.48. The van der Waals surface area contributed by atoms with E-state index in [2.05, 4.69) is 49.3 Å². The normalized spacial score (nSPS) is 12.9. The molecule has 0 aromatic carbocycles. The predicted octanol–water partition coefficient (Wildman–Crippen LogP) is 3.04. The third-order valence-electron chi connectivity index (χ3n) is 2.48. The van der Waals surface area contributed by atoms with E-state index < -0.39 is 0 Å². The van der Waals surface area contributed by atoms with Crippen LogP contribution < -0.4 is 11.3 Å². The van der Waals surface area contributed by atoms with Crippen LogP contribution in [0.1, 0.15) is 23.5 Å². The van der Waals surface area contributed by atoms with Crippen molar-refractivity contribution in [3.8, 4) is 0 Å². The van der Waals surface area contributed by atoms with E-state index in [0.717, 1.165) is 26.1 Å². The Hall–Kier alpha value is -0.210. The number of nitrogens with two attached hydrogens (primary N) is 1. The molecule has 2 rings (SSSR count). The quantitative estimate of drug-likeness (QED) is 0.634. The first-order valence-electron chi connectivity index (χ1n) is 5.09. The molecule has 0 radical (unpaired) electrons. The van der Waals surface area contributed by atoms with E-state index in [9.17, 15) is 0 Å². The van der Waals surface area contributed by atoms with Gasteiger partial charge in [0.15, 0.2) is 0 Å². The average Bonchev–Trinajstić information content (AvgIpc) is 2.89. The number of aryl methyl sites for hydroxylation is 1. The van der Waals surface area contributed by atoms with Gasteiger partial charge in [-0.3, -0.25) is 10.5 Å². The van der Waals surface area contributed by atoms with Gasteiger partial charge in [0.1, 0.15) is 0 Å². The molecule has 0 amide bonds. The van der Waals surface area contributed by atoms with E-state index >= 15 is 0 Å². The molecule has 3 N–H and O–H groups in total. The summed E-state index contributed by atoms with van der Waals surface area (Å²) in [7, 11) is 0. The van der Waals surface area contributed by atoms with Crippen LogP contribution in [0.3, 0.4) is 0 Å². The minimum Gasteiger partial charge on any atom is -0.270 e. The Morgan fingerprint density at radius 3 is 2.82 bits per heavy atom. The second-order valence-electron chi connectivity index (χ2n) is 3.43. The third-order valence-corrected chi connectivity index (χ3v) is 5.03. The zero-order chi connectivity index (χ0) is 12.4. The number of hydrazine groups is 1. The Balaban J connectivity index is 2.49. The van der Waals surface area contributed by atoms with Crippen LogP contribution in [-0.2, 0) is 6.54 Å². The molecular weight excluding hydrogens is 368 g/mol. The highest BCUT2D eigenvalue weighted by atomic mass is 79.9. The lowest BCUT2D eigenvalue weighted by Crippen LogP contribution is -2.30. The number of rotatable bonds is 4. The van der Waals surface area contributed by atoms with Crippen LogP contribution in [-0.4, -0.2) is 9.78 Å². The van der Waals surface area contributed by atoms with Crippen LogP contribution in [0.5, 0.6) is 0 Å². The molecule has 0 aliphatic heterocycles. The maximum atomic E-state index is 5.69. The van der Waals surface area contributed by atoms with Gasteiger partial charge < -0.3 is 0 Å². The van der Waals surface area contributed by atoms with Gasteiger partial charge in [-0.2, -0.15) is 5.10 Å². The van der Waals surface area contributed by atoms with Gasteiger partial charge in [-0.05, 0) is 50.2 Å². The van der Waals surface area contributed by atoms with Crippen LogP contribution in [0, 0.1) is 0 Å². The highest BCUT2D eigenvalue weighted by Crippen LogP contribution is 2.35. The lowest BCUT2D eigenvalue weighted by Gasteiger charge is -2.17. The zero-order valence-electron chi connectivity index (χ0n) is 9.15. The maximum Gasteiger partial charge on any atom is 0.0992 e. The molecule has 7 heteroatoms. The van der Waals surface area contributed by atoms with E-state index in [1.807, 2.05) is 16.1 Å². The molecule has 0 aliphatic carbocycles. The average molecular weight is 380 g/mol. The van der Waals surface area contributed by atoms with Crippen molar-refractivity contribution in [2.45, 2.75) is 19.5 Å². The fraction of sp³-hybridized carbons (Fsp3) is 0.300. The second kappa shape index (κ2) is 5.62. The molecule has 2 heterocycles. The van der Waals surface area contributed by atoms with Gasteiger partial charge in [0.05, 0.1) is 22.4 Å². The van der Waals surface area contributed by atoms with Crippen molar-refractivity contribution in [3.63, 3.8) is 0 Å².